The summed E-state index contributed by atoms with van der Waals surface area (Å²) in [5.74, 6) is -0.536. The lowest BCUT2D eigenvalue weighted by molar-refractivity contribution is -0.136. The van der Waals surface area contributed by atoms with Gasteiger partial charge in [-0.15, -0.1) is 0 Å². The Morgan fingerprint density at radius 3 is 2.86 bits per heavy atom. The summed E-state index contributed by atoms with van der Waals surface area (Å²) >= 11 is 0. The normalized spacial score (nSPS) is 24.2. The van der Waals surface area contributed by atoms with Gasteiger partial charge in [0.15, 0.2) is 5.60 Å². The molecule has 0 aromatic heterocycles. The number of hydrogen-bond donors (Lipinski definition) is 2. The second-order valence-corrected chi connectivity index (χ2v) is 3.23. The van der Waals surface area contributed by atoms with Crippen molar-refractivity contribution in [1.82, 2.24) is 0 Å². The number of para-hydroxylation sites is 1. The summed E-state index contributed by atoms with van der Waals surface area (Å²) in [4.78, 5) is 21.8. The predicted molar refractivity (Wildman–Crippen MR) is 49.6 cm³/mol. The van der Waals surface area contributed by atoms with Gasteiger partial charge in [-0.05, 0) is 6.07 Å². The third-order valence-electron chi connectivity index (χ3n) is 2.38. The maximum absolute atomic E-state index is 11.4. The van der Waals surface area contributed by atoms with Crippen molar-refractivity contribution in [3.05, 3.63) is 29.8 Å². The van der Waals surface area contributed by atoms with Crippen molar-refractivity contribution in [2.75, 3.05) is 5.32 Å². The van der Waals surface area contributed by atoms with E-state index in [4.69, 9.17) is 0 Å². The molecule has 0 spiro atoms. The van der Waals surface area contributed by atoms with E-state index in [1.54, 1.807) is 24.3 Å². The molecule has 0 saturated carbocycles. The van der Waals surface area contributed by atoms with Crippen LogP contribution in [0.1, 0.15) is 12.0 Å². The molecule has 1 aliphatic heterocycles. The predicted octanol–water partition coefficient (Wildman–Crippen LogP) is 0.415. The van der Waals surface area contributed by atoms with E-state index in [0.29, 0.717) is 17.5 Å². The minimum atomic E-state index is -1.68. The molecule has 4 heteroatoms. The number of benzene rings is 1. The molecule has 1 atom stereocenters. The SMILES string of the molecule is O=CCC1(O)C(=O)Nc2ccccc21. The van der Waals surface area contributed by atoms with E-state index in [9.17, 15) is 14.7 Å². The molecule has 0 bridgehead atoms. The quantitative estimate of drug-likeness (QED) is 0.665. The van der Waals surface area contributed by atoms with Crippen LogP contribution >= 0.6 is 0 Å². The number of aliphatic hydroxyl groups is 1. The molecule has 2 N–H and O–H groups in total. The fourth-order valence-corrected chi connectivity index (χ4v) is 1.62. The van der Waals surface area contributed by atoms with Gasteiger partial charge in [0, 0.05) is 17.7 Å². The topological polar surface area (TPSA) is 66.4 Å². The summed E-state index contributed by atoms with van der Waals surface area (Å²) in [7, 11) is 0. The molecule has 1 aromatic rings. The first-order valence-electron chi connectivity index (χ1n) is 4.25. The maximum Gasteiger partial charge on any atom is 0.261 e. The van der Waals surface area contributed by atoms with Crippen LogP contribution in [0.2, 0.25) is 0 Å². The number of rotatable bonds is 2. The van der Waals surface area contributed by atoms with E-state index in [1.165, 1.54) is 0 Å². The average Bonchev–Trinajstić information content (AvgIpc) is 2.41. The minimum Gasteiger partial charge on any atom is -0.375 e. The van der Waals surface area contributed by atoms with E-state index in [-0.39, 0.29) is 6.42 Å². The summed E-state index contributed by atoms with van der Waals surface area (Å²) in [6.45, 7) is 0. The van der Waals surface area contributed by atoms with Crippen molar-refractivity contribution in [2.24, 2.45) is 0 Å². The molecular weight excluding hydrogens is 182 g/mol. The number of carbonyl (C=O) groups excluding carboxylic acids is 2. The van der Waals surface area contributed by atoms with Crippen molar-refractivity contribution in [3.63, 3.8) is 0 Å². The number of hydrogen-bond acceptors (Lipinski definition) is 3. The van der Waals surface area contributed by atoms with Gasteiger partial charge in [-0.3, -0.25) is 4.79 Å². The summed E-state index contributed by atoms with van der Waals surface area (Å²) < 4.78 is 0. The summed E-state index contributed by atoms with van der Waals surface area (Å²) in [5.41, 5.74) is -0.642. The number of carbonyl (C=O) groups is 2. The molecule has 0 saturated heterocycles. The molecule has 14 heavy (non-hydrogen) atoms. The number of nitrogens with one attached hydrogen (secondary N) is 1. The molecule has 0 fully saturated rings. The minimum absolute atomic E-state index is 0.212. The van der Waals surface area contributed by atoms with Gasteiger partial charge in [0.2, 0.25) is 0 Å². The first-order chi connectivity index (χ1) is 6.68. The van der Waals surface area contributed by atoms with Crippen molar-refractivity contribution < 1.29 is 14.7 Å². The van der Waals surface area contributed by atoms with E-state index in [0.717, 1.165) is 0 Å². The fraction of sp³-hybridized carbons (Fsp3) is 0.200. The van der Waals surface area contributed by atoms with Gasteiger partial charge in [0.25, 0.3) is 5.91 Å². The van der Waals surface area contributed by atoms with Gasteiger partial charge >= 0.3 is 0 Å². The number of anilines is 1. The Hall–Kier alpha value is -1.68. The molecule has 2 rings (SSSR count). The second-order valence-electron chi connectivity index (χ2n) is 3.23. The summed E-state index contributed by atoms with van der Waals surface area (Å²) in [6.07, 6.45) is 0.331. The highest BCUT2D eigenvalue weighted by Crippen LogP contribution is 2.37. The highest BCUT2D eigenvalue weighted by Gasteiger charge is 2.44. The molecular formula is C10H9NO3. The van der Waals surface area contributed by atoms with Crippen LogP contribution in [0.15, 0.2) is 24.3 Å². The number of fused-ring (bicyclic) bond motifs is 1. The molecule has 1 amide bonds. The highest BCUT2D eigenvalue weighted by atomic mass is 16.3. The van der Waals surface area contributed by atoms with Crippen molar-refractivity contribution in [1.29, 1.82) is 0 Å². The lowest BCUT2D eigenvalue weighted by atomic mass is 9.93. The molecule has 72 valence electrons. The van der Waals surface area contributed by atoms with Gasteiger partial charge in [0.1, 0.15) is 6.29 Å². The first-order valence-corrected chi connectivity index (χ1v) is 4.25. The van der Waals surface area contributed by atoms with Crippen molar-refractivity contribution in [3.8, 4) is 0 Å². The lowest BCUT2D eigenvalue weighted by Gasteiger charge is -2.16. The average molecular weight is 191 g/mol. The van der Waals surface area contributed by atoms with E-state index < -0.39 is 11.5 Å². The van der Waals surface area contributed by atoms with Gasteiger partial charge in [-0.1, -0.05) is 18.2 Å². The Kier molecular flexibility index (Phi) is 1.86. The molecule has 0 radical (unpaired) electrons. The van der Waals surface area contributed by atoms with Crippen LogP contribution in [0.5, 0.6) is 0 Å². The summed E-state index contributed by atoms with van der Waals surface area (Å²) in [6, 6.07) is 6.80. The zero-order valence-electron chi connectivity index (χ0n) is 7.36. The molecule has 0 aliphatic carbocycles. The summed E-state index contributed by atoms with van der Waals surface area (Å²) in [5, 5.41) is 12.5. The monoisotopic (exact) mass is 191 g/mol. The number of aldehydes is 1. The molecule has 1 aromatic carbocycles. The van der Waals surface area contributed by atoms with Crippen LogP contribution in [0, 0.1) is 0 Å². The largest absolute Gasteiger partial charge is 0.375 e. The molecule has 1 unspecified atom stereocenters. The van der Waals surface area contributed by atoms with Gasteiger partial charge in [-0.2, -0.15) is 0 Å². The van der Waals surface area contributed by atoms with E-state index in [2.05, 4.69) is 5.32 Å². The van der Waals surface area contributed by atoms with Crippen LogP contribution in [-0.2, 0) is 15.2 Å². The zero-order valence-corrected chi connectivity index (χ0v) is 7.36. The Balaban J connectivity index is 2.53. The van der Waals surface area contributed by atoms with Crippen LogP contribution < -0.4 is 5.32 Å². The van der Waals surface area contributed by atoms with Crippen LogP contribution in [-0.4, -0.2) is 17.3 Å². The zero-order chi connectivity index (χ0) is 10.2. The van der Waals surface area contributed by atoms with Crippen LogP contribution in [0.4, 0.5) is 5.69 Å². The first kappa shape index (κ1) is 8.90. The van der Waals surface area contributed by atoms with Crippen molar-refractivity contribution >= 4 is 17.9 Å². The van der Waals surface area contributed by atoms with Crippen LogP contribution in [0.3, 0.4) is 0 Å². The smallest absolute Gasteiger partial charge is 0.261 e. The third kappa shape index (κ3) is 1.04. The molecule has 1 heterocycles. The Bertz CT molecular complexity index is 402. The Morgan fingerprint density at radius 2 is 2.14 bits per heavy atom. The standard InChI is InChI=1S/C10H9NO3/c12-6-5-10(14)7-3-1-2-4-8(7)11-9(10)13/h1-4,6,14H,5H2,(H,11,13). The maximum atomic E-state index is 11.4. The highest BCUT2D eigenvalue weighted by molar-refractivity contribution is 6.05. The lowest BCUT2D eigenvalue weighted by Crippen LogP contribution is -2.34. The van der Waals surface area contributed by atoms with Gasteiger partial charge in [0.05, 0.1) is 0 Å². The Morgan fingerprint density at radius 1 is 1.43 bits per heavy atom. The Labute approximate surface area is 80.6 Å². The van der Waals surface area contributed by atoms with E-state index in [1.807, 2.05) is 0 Å². The molecule has 1 aliphatic rings. The fourth-order valence-electron chi connectivity index (χ4n) is 1.62. The van der Waals surface area contributed by atoms with Gasteiger partial charge < -0.3 is 15.2 Å². The molecule has 4 nitrogen and oxygen atoms in total. The van der Waals surface area contributed by atoms with Crippen LogP contribution in [0.25, 0.3) is 0 Å². The second kappa shape index (κ2) is 2.92. The number of amides is 1. The van der Waals surface area contributed by atoms with E-state index >= 15 is 0 Å². The third-order valence-corrected chi connectivity index (χ3v) is 2.38. The van der Waals surface area contributed by atoms with Gasteiger partial charge in [-0.25, -0.2) is 0 Å². The van der Waals surface area contributed by atoms with Crippen molar-refractivity contribution in [2.45, 2.75) is 12.0 Å².